The lowest BCUT2D eigenvalue weighted by atomic mass is 10.2. The van der Waals surface area contributed by atoms with Crippen molar-refractivity contribution in [2.45, 2.75) is 20.4 Å². The third-order valence-corrected chi connectivity index (χ3v) is 5.87. The Hall–Kier alpha value is -3.19. The first-order valence-corrected chi connectivity index (χ1v) is 10.3. The van der Waals surface area contributed by atoms with E-state index in [0.717, 1.165) is 27.7 Å². The lowest BCUT2D eigenvalue weighted by Gasteiger charge is -2.17. The van der Waals surface area contributed by atoms with Crippen LogP contribution in [-0.4, -0.2) is 34.6 Å². The van der Waals surface area contributed by atoms with Crippen molar-refractivity contribution < 1.29 is 14.3 Å². The number of hydrogen-bond acceptors (Lipinski definition) is 5. The van der Waals surface area contributed by atoms with E-state index in [1.807, 2.05) is 66.9 Å². The van der Waals surface area contributed by atoms with Gasteiger partial charge in [0.25, 0.3) is 5.91 Å². The number of thiazole rings is 1. The van der Waals surface area contributed by atoms with E-state index in [1.165, 1.54) is 11.3 Å². The number of esters is 1. The number of nitrogens with zero attached hydrogens (tertiary/aromatic N) is 3. The number of aryl methyl sites for hydroxylation is 1. The van der Waals surface area contributed by atoms with Crippen LogP contribution in [0.25, 0.3) is 21.1 Å². The zero-order valence-corrected chi connectivity index (χ0v) is 17.1. The number of fused-ring (bicyclic) bond motifs is 2. The van der Waals surface area contributed by atoms with Gasteiger partial charge in [0.05, 0.1) is 15.8 Å². The largest absolute Gasteiger partial charge is 0.452 e. The van der Waals surface area contributed by atoms with Crippen LogP contribution in [-0.2, 0) is 16.1 Å². The molecule has 0 unspecified atom stereocenters. The van der Waals surface area contributed by atoms with Gasteiger partial charge in [-0.1, -0.05) is 41.7 Å². The molecule has 29 heavy (non-hydrogen) atoms. The molecular formula is C22H21N3O3S. The number of para-hydroxylation sites is 2. The fraction of sp³-hybridized carbons (Fsp3) is 0.227. The summed E-state index contributed by atoms with van der Waals surface area (Å²) in [5.74, 6) is -0.791. The SMILES string of the molecule is CCN(C(=O)COC(=O)c1cn(CC)c2ccccc12)c1nc2ccccc2s1. The van der Waals surface area contributed by atoms with Crippen LogP contribution < -0.4 is 4.90 Å². The van der Waals surface area contributed by atoms with Crippen LogP contribution in [0.15, 0.2) is 54.7 Å². The Balaban J connectivity index is 1.50. The molecule has 0 saturated carbocycles. The molecule has 0 radical (unpaired) electrons. The molecule has 0 spiro atoms. The zero-order valence-electron chi connectivity index (χ0n) is 16.3. The summed E-state index contributed by atoms with van der Waals surface area (Å²) >= 11 is 1.45. The quantitative estimate of drug-likeness (QED) is 0.442. The molecule has 2 heterocycles. The van der Waals surface area contributed by atoms with E-state index in [-0.39, 0.29) is 12.5 Å². The number of anilines is 1. The highest BCUT2D eigenvalue weighted by Crippen LogP contribution is 2.28. The Kier molecular flexibility index (Phi) is 5.31. The Morgan fingerprint density at radius 3 is 2.62 bits per heavy atom. The van der Waals surface area contributed by atoms with Crippen LogP contribution in [0.5, 0.6) is 0 Å². The second kappa shape index (κ2) is 8.05. The summed E-state index contributed by atoms with van der Waals surface area (Å²) in [5.41, 5.74) is 2.29. The molecule has 2 aromatic heterocycles. The van der Waals surface area contributed by atoms with Gasteiger partial charge in [-0.05, 0) is 32.0 Å². The molecule has 0 atom stereocenters. The minimum absolute atomic E-state index is 0.292. The van der Waals surface area contributed by atoms with E-state index >= 15 is 0 Å². The van der Waals surface area contributed by atoms with Gasteiger partial charge >= 0.3 is 5.97 Å². The zero-order chi connectivity index (χ0) is 20.4. The van der Waals surface area contributed by atoms with Crippen molar-refractivity contribution in [3.63, 3.8) is 0 Å². The van der Waals surface area contributed by atoms with Crippen LogP contribution in [0.4, 0.5) is 5.13 Å². The van der Waals surface area contributed by atoms with Crippen LogP contribution in [0.1, 0.15) is 24.2 Å². The maximum Gasteiger partial charge on any atom is 0.340 e. The first kappa shape index (κ1) is 19.1. The Bertz CT molecular complexity index is 1160. The molecule has 0 aliphatic carbocycles. The third-order valence-electron chi connectivity index (χ3n) is 4.81. The fourth-order valence-corrected chi connectivity index (χ4v) is 4.39. The number of carbonyl (C=O) groups is 2. The minimum Gasteiger partial charge on any atom is -0.452 e. The van der Waals surface area contributed by atoms with Crippen molar-refractivity contribution in [2.24, 2.45) is 0 Å². The maximum atomic E-state index is 12.7. The van der Waals surface area contributed by atoms with E-state index in [4.69, 9.17) is 4.74 Å². The summed E-state index contributed by atoms with van der Waals surface area (Å²) < 4.78 is 8.37. The van der Waals surface area contributed by atoms with Gasteiger partial charge in [0.15, 0.2) is 11.7 Å². The predicted molar refractivity (Wildman–Crippen MR) is 116 cm³/mol. The molecular weight excluding hydrogens is 386 g/mol. The lowest BCUT2D eigenvalue weighted by molar-refractivity contribution is -0.121. The third kappa shape index (κ3) is 3.61. The number of hydrogen-bond donors (Lipinski definition) is 0. The molecule has 0 bridgehead atoms. The second-order valence-electron chi connectivity index (χ2n) is 6.52. The topological polar surface area (TPSA) is 64.4 Å². The number of carbonyl (C=O) groups excluding carboxylic acids is 2. The summed E-state index contributed by atoms with van der Waals surface area (Å²) in [6, 6.07) is 15.4. The van der Waals surface area contributed by atoms with Crippen molar-refractivity contribution in [1.82, 2.24) is 9.55 Å². The standard InChI is InChI=1S/C22H21N3O3S/c1-3-24-13-16(15-9-5-7-11-18(15)24)21(27)28-14-20(26)25(4-2)22-23-17-10-6-8-12-19(17)29-22/h5-13H,3-4,14H2,1-2H3. The summed E-state index contributed by atoms with van der Waals surface area (Å²) in [6.07, 6.45) is 1.78. The summed E-state index contributed by atoms with van der Waals surface area (Å²) in [6.45, 7) is 4.76. The van der Waals surface area contributed by atoms with Gasteiger partial charge in [-0.2, -0.15) is 0 Å². The summed E-state index contributed by atoms with van der Waals surface area (Å²) in [4.78, 5) is 31.5. The monoisotopic (exact) mass is 407 g/mol. The van der Waals surface area contributed by atoms with Gasteiger partial charge in [0.2, 0.25) is 0 Å². The number of rotatable bonds is 6. The van der Waals surface area contributed by atoms with E-state index < -0.39 is 5.97 Å². The Morgan fingerprint density at radius 1 is 1.10 bits per heavy atom. The second-order valence-corrected chi connectivity index (χ2v) is 7.53. The number of benzene rings is 2. The first-order valence-electron chi connectivity index (χ1n) is 9.53. The molecule has 0 aliphatic rings. The normalized spacial score (nSPS) is 11.1. The minimum atomic E-state index is -0.498. The van der Waals surface area contributed by atoms with Gasteiger partial charge in [-0.3, -0.25) is 9.69 Å². The fourth-order valence-electron chi connectivity index (χ4n) is 3.35. The predicted octanol–water partition coefficient (Wildman–Crippen LogP) is 4.48. The number of likely N-dealkylation sites (N-methyl/N-ethyl adjacent to an activating group) is 1. The first-order chi connectivity index (χ1) is 14.1. The van der Waals surface area contributed by atoms with E-state index in [0.29, 0.717) is 17.2 Å². The molecule has 4 aromatic rings. The summed E-state index contributed by atoms with van der Waals surface area (Å²) in [5, 5.41) is 1.43. The van der Waals surface area contributed by atoms with Crippen LogP contribution >= 0.6 is 11.3 Å². The summed E-state index contributed by atoms with van der Waals surface area (Å²) in [7, 11) is 0. The van der Waals surface area contributed by atoms with Crippen molar-refractivity contribution in [3.8, 4) is 0 Å². The van der Waals surface area contributed by atoms with Gasteiger partial charge in [0, 0.05) is 30.2 Å². The average molecular weight is 407 g/mol. The van der Waals surface area contributed by atoms with E-state index in [2.05, 4.69) is 4.98 Å². The highest BCUT2D eigenvalue weighted by atomic mass is 32.1. The molecule has 0 aliphatic heterocycles. The average Bonchev–Trinajstić information content (AvgIpc) is 3.34. The van der Waals surface area contributed by atoms with E-state index in [9.17, 15) is 9.59 Å². The molecule has 7 heteroatoms. The highest BCUT2D eigenvalue weighted by Gasteiger charge is 2.21. The van der Waals surface area contributed by atoms with Crippen molar-refractivity contribution in [1.29, 1.82) is 0 Å². The van der Waals surface area contributed by atoms with Gasteiger partial charge in [-0.25, -0.2) is 9.78 Å². The van der Waals surface area contributed by atoms with Gasteiger partial charge < -0.3 is 9.30 Å². The van der Waals surface area contributed by atoms with Crippen LogP contribution in [0.3, 0.4) is 0 Å². The van der Waals surface area contributed by atoms with Crippen molar-refractivity contribution >= 4 is 49.5 Å². The van der Waals surface area contributed by atoms with Gasteiger partial charge in [-0.15, -0.1) is 0 Å². The Morgan fingerprint density at radius 2 is 1.86 bits per heavy atom. The molecule has 1 amide bonds. The van der Waals surface area contributed by atoms with Gasteiger partial charge in [0.1, 0.15) is 0 Å². The number of aromatic nitrogens is 2. The molecule has 0 N–H and O–H groups in total. The molecule has 148 valence electrons. The van der Waals surface area contributed by atoms with Crippen molar-refractivity contribution in [2.75, 3.05) is 18.1 Å². The van der Waals surface area contributed by atoms with E-state index in [1.54, 1.807) is 11.1 Å². The lowest BCUT2D eigenvalue weighted by Crippen LogP contribution is -2.34. The highest BCUT2D eigenvalue weighted by molar-refractivity contribution is 7.22. The molecule has 6 nitrogen and oxygen atoms in total. The molecule has 0 fully saturated rings. The van der Waals surface area contributed by atoms with Crippen LogP contribution in [0.2, 0.25) is 0 Å². The smallest absolute Gasteiger partial charge is 0.340 e. The molecule has 2 aromatic carbocycles. The number of ether oxygens (including phenoxy) is 1. The molecule has 0 saturated heterocycles. The Labute approximate surface area is 172 Å². The van der Waals surface area contributed by atoms with Crippen LogP contribution in [0, 0.1) is 0 Å². The molecule has 4 rings (SSSR count). The maximum absolute atomic E-state index is 12.7. The number of amides is 1. The van der Waals surface area contributed by atoms with Crippen molar-refractivity contribution in [3.05, 3.63) is 60.3 Å².